The number of halogens is 1. The topological polar surface area (TPSA) is 38.8 Å². The first kappa shape index (κ1) is 19.8. The highest BCUT2D eigenvalue weighted by Gasteiger charge is 2.31. The Bertz CT molecular complexity index is 733. The molecule has 1 heterocycles. The maximum Gasteiger partial charge on any atom is 0.266 e. The van der Waals surface area contributed by atoms with Crippen molar-refractivity contribution in [1.29, 1.82) is 0 Å². The molecule has 2 rings (SSSR count). The zero-order valence-electron chi connectivity index (χ0n) is 14.4. The Balaban J connectivity index is 2.35. The summed E-state index contributed by atoms with van der Waals surface area (Å²) in [5.41, 5.74) is 0.748. The molecule has 1 saturated heterocycles. The highest BCUT2D eigenvalue weighted by atomic mass is 35.5. The maximum absolute atomic E-state index is 12.4. The van der Waals surface area contributed by atoms with Crippen molar-refractivity contribution in [3.05, 3.63) is 40.3 Å². The predicted octanol–water partition coefficient (Wildman–Crippen LogP) is 4.91. The number of hydrogen-bond donors (Lipinski definition) is 0. The molecule has 1 aliphatic rings. The molecule has 1 aliphatic heterocycles. The van der Waals surface area contributed by atoms with E-state index in [9.17, 15) is 4.79 Å². The molecule has 0 radical (unpaired) electrons. The number of benzene rings is 1. The van der Waals surface area contributed by atoms with Crippen LogP contribution in [0.1, 0.15) is 25.8 Å². The summed E-state index contributed by atoms with van der Waals surface area (Å²) in [6.45, 7) is 8.04. The van der Waals surface area contributed by atoms with Crippen LogP contribution in [0, 0.1) is 0 Å². The van der Waals surface area contributed by atoms with Crippen molar-refractivity contribution in [2.45, 2.75) is 26.4 Å². The third-order valence-corrected chi connectivity index (χ3v) is 5.29. The van der Waals surface area contributed by atoms with Crippen molar-refractivity contribution >= 4 is 51.9 Å². The molecule has 1 atom stereocenters. The standard InChI is InChI=1S/C18H20ClNO3S2/c1-5-7-20-17(21)15(25-18(20)24)10-12-8-13(19)16(14(9-12)22-4)23-11(3)6-2/h5,8-11H,1,6-7H2,2-4H3/b15-10-/t11-/m0/s1. The first-order valence-corrected chi connectivity index (χ1v) is 9.42. The van der Waals surface area contributed by atoms with Gasteiger partial charge in [-0.2, -0.15) is 0 Å². The zero-order valence-corrected chi connectivity index (χ0v) is 16.8. The number of carbonyl (C=O) groups is 1. The fourth-order valence-corrected chi connectivity index (χ4v) is 3.70. The average molecular weight is 398 g/mol. The number of rotatable bonds is 7. The first-order valence-electron chi connectivity index (χ1n) is 7.81. The molecule has 1 aromatic rings. The average Bonchev–Trinajstić information content (AvgIpc) is 2.84. The van der Waals surface area contributed by atoms with Crippen LogP contribution in [0.3, 0.4) is 0 Å². The second kappa shape index (κ2) is 8.74. The van der Waals surface area contributed by atoms with Crippen LogP contribution in [-0.4, -0.2) is 34.9 Å². The van der Waals surface area contributed by atoms with Gasteiger partial charge in [-0.05, 0) is 37.1 Å². The van der Waals surface area contributed by atoms with Crippen molar-refractivity contribution in [2.75, 3.05) is 13.7 Å². The van der Waals surface area contributed by atoms with Crippen LogP contribution >= 0.6 is 35.6 Å². The number of amides is 1. The Morgan fingerprint density at radius 2 is 2.20 bits per heavy atom. The predicted molar refractivity (Wildman–Crippen MR) is 108 cm³/mol. The van der Waals surface area contributed by atoms with E-state index in [-0.39, 0.29) is 12.0 Å². The molecule has 25 heavy (non-hydrogen) atoms. The van der Waals surface area contributed by atoms with Gasteiger partial charge in [-0.25, -0.2) is 0 Å². The van der Waals surface area contributed by atoms with E-state index in [1.807, 2.05) is 13.8 Å². The highest BCUT2D eigenvalue weighted by molar-refractivity contribution is 8.26. The minimum atomic E-state index is -0.134. The van der Waals surface area contributed by atoms with Gasteiger partial charge in [-0.15, -0.1) is 6.58 Å². The first-order chi connectivity index (χ1) is 11.9. The molecule has 0 aromatic heterocycles. The molecule has 0 unspecified atom stereocenters. The van der Waals surface area contributed by atoms with Gasteiger partial charge in [0.05, 0.1) is 23.1 Å². The summed E-state index contributed by atoms with van der Waals surface area (Å²) < 4.78 is 11.8. The minimum absolute atomic E-state index is 0.0207. The molecule has 7 heteroatoms. The van der Waals surface area contributed by atoms with Gasteiger partial charge in [0.2, 0.25) is 0 Å². The van der Waals surface area contributed by atoms with Crippen molar-refractivity contribution in [1.82, 2.24) is 4.90 Å². The van der Waals surface area contributed by atoms with Crippen LogP contribution in [0.15, 0.2) is 29.7 Å². The van der Waals surface area contributed by atoms with E-state index in [1.54, 1.807) is 31.4 Å². The lowest BCUT2D eigenvalue weighted by Gasteiger charge is -2.17. The smallest absolute Gasteiger partial charge is 0.266 e. The number of carbonyl (C=O) groups excluding carboxylic acids is 1. The van der Waals surface area contributed by atoms with Crippen LogP contribution < -0.4 is 9.47 Å². The summed E-state index contributed by atoms with van der Waals surface area (Å²) in [4.78, 5) is 14.5. The second-order valence-electron chi connectivity index (χ2n) is 5.45. The van der Waals surface area contributed by atoms with Gasteiger partial charge in [0, 0.05) is 6.54 Å². The minimum Gasteiger partial charge on any atom is -0.493 e. The quantitative estimate of drug-likeness (QED) is 0.371. The Morgan fingerprint density at radius 3 is 2.80 bits per heavy atom. The van der Waals surface area contributed by atoms with Gasteiger partial charge in [0.25, 0.3) is 5.91 Å². The number of ether oxygens (including phenoxy) is 2. The van der Waals surface area contributed by atoms with Gasteiger partial charge in [-0.1, -0.05) is 48.6 Å². The van der Waals surface area contributed by atoms with Crippen LogP contribution in [0.2, 0.25) is 5.02 Å². The van der Waals surface area contributed by atoms with Crippen molar-refractivity contribution in [3.63, 3.8) is 0 Å². The molecule has 1 fully saturated rings. The van der Waals surface area contributed by atoms with E-state index < -0.39 is 0 Å². The Hall–Kier alpha value is -1.50. The SMILES string of the molecule is C=CCN1C(=O)/C(=C/c2cc(Cl)c(O[C@@H](C)CC)c(OC)c2)SC1=S. The summed E-state index contributed by atoms with van der Waals surface area (Å²) >= 11 is 12.9. The van der Waals surface area contributed by atoms with Gasteiger partial charge in [-0.3, -0.25) is 9.69 Å². The third-order valence-electron chi connectivity index (χ3n) is 3.63. The summed E-state index contributed by atoms with van der Waals surface area (Å²) in [6.07, 6.45) is 4.28. The Morgan fingerprint density at radius 1 is 1.48 bits per heavy atom. The number of thiocarbonyl (C=S) groups is 1. The van der Waals surface area contributed by atoms with E-state index in [0.717, 1.165) is 12.0 Å². The lowest BCUT2D eigenvalue weighted by molar-refractivity contribution is -0.121. The Labute approximate surface area is 162 Å². The fraction of sp³-hybridized carbons (Fsp3) is 0.333. The summed E-state index contributed by atoms with van der Waals surface area (Å²) in [5.74, 6) is 0.903. The molecular weight excluding hydrogens is 378 g/mol. The van der Waals surface area contributed by atoms with Crippen molar-refractivity contribution < 1.29 is 14.3 Å². The fourth-order valence-electron chi connectivity index (χ4n) is 2.16. The lowest BCUT2D eigenvalue weighted by atomic mass is 10.1. The van der Waals surface area contributed by atoms with E-state index >= 15 is 0 Å². The molecule has 0 N–H and O–H groups in total. The van der Waals surface area contributed by atoms with Gasteiger partial charge >= 0.3 is 0 Å². The molecule has 0 bridgehead atoms. The zero-order chi connectivity index (χ0) is 18.6. The normalized spacial score (nSPS) is 17.1. The van der Waals surface area contributed by atoms with Gasteiger partial charge < -0.3 is 9.47 Å². The van der Waals surface area contributed by atoms with E-state index in [1.165, 1.54) is 16.7 Å². The van der Waals surface area contributed by atoms with E-state index in [2.05, 4.69) is 6.58 Å². The Kier molecular flexibility index (Phi) is 6.93. The molecule has 0 aliphatic carbocycles. The summed E-state index contributed by atoms with van der Waals surface area (Å²) in [6, 6.07) is 3.55. The van der Waals surface area contributed by atoms with Gasteiger partial charge in [0.15, 0.2) is 11.5 Å². The van der Waals surface area contributed by atoms with Crippen molar-refractivity contribution in [2.24, 2.45) is 0 Å². The van der Waals surface area contributed by atoms with Gasteiger partial charge in [0.1, 0.15) is 4.32 Å². The number of methoxy groups -OCH3 is 1. The maximum atomic E-state index is 12.4. The van der Waals surface area contributed by atoms with Crippen molar-refractivity contribution in [3.8, 4) is 11.5 Å². The van der Waals surface area contributed by atoms with Crippen LogP contribution in [-0.2, 0) is 4.79 Å². The van der Waals surface area contributed by atoms with Crippen LogP contribution in [0.4, 0.5) is 0 Å². The highest BCUT2D eigenvalue weighted by Crippen LogP contribution is 2.39. The van der Waals surface area contributed by atoms with Crippen LogP contribution in [0.25, 0.3) is 6.08 Å². The number of hydrogen-bond acceptors (Lipinski definition) is 5. The molecule has 134 valence electrons. The number of nitrogens with zero attached hydrogens (tertiary/aromatic N) is 1. The van der Waals surface area contributed by atoms with E-state index in [4.69, 9.17) is 33.3 Å². The molecule has 1 amide bonds. The largest absolute Gasteiger partial charge is 0.493 e. The lowest BCUT2D eigenvalue weighted by Crippen LogP contribution is -2.27. The third kappa shape index (κ3) is 4.57. The molecule has 0 spiro atoms. The molecule has 0 saturated carbocycles. The monoisotopic (exact) mass is 397 g/mol. The van der Waals surface area contributed by atoms with E-state index in [0.29, 0.717) is 32.3 Å². The molecule has 4 nitrogen and oxygen atoms in total. The second-order valence-corrected chi connectivity index (χ2v) is 7.53. The summed E-state index contributed by atoms with van der Waals surface area (Å²) in [5, 5.41) is 0.437. The molecular formula is C18H20ClNO3S2. The van der Waals surface area contributed by atoms with Crippen LogP contribution in [0.5, 0.6) is 11.5 Å². The summed E-state index contributed by atoms with van der Waals surface area (Å²) in [7, 11) is 1.56. The number of thioether (sulfide) groups is 1. The molecule has 1 aromatic carbocycles.